The minimum absolute atomic E-state index is 0.0847. The molecule has 1 fully saturated rings. The lowest BCUT2D eigenvalue weighted by Crippen LogP contribution is -2.53. The van der Waals surface area contributed by atoms with E-state index in [4.69, 9.17) is 9.94 Å². The fraction of sp³-hybridized carbons (Fsp3) is 0.393. The number of aromatic nitrogens is 1. The number of fused-ring (bicyclic) bond motifs is 1. The average molecular weight is 491 g/mol. The molecular weight excluding hydrogens is 456 g/mol. The van der Waals surface area contributed by atoms with Crippen molar-refractivity contribution >= 4 is 22.7 Å². The molecule has 2 heterocycles. The standard InChI is InChI=1S/C28H34N4O4/c1-18(2)32-13-12-25(21(16-32)15-27(33)31-35)30-28(34)20-8-10-23(11-9-20)36-17-22-14-19(3)29-26-7-5-4-6-24(22)26/h4-11,14,18,21,25,35H,12-13,15-17H2,1-3H3,(H,30,34)(H,31,33)/t21-,25+/m0/s1. The predicted octanol–water partition coefficient (Wildman–Crippen LogP) is 3.85. The molecule has 2 aromatic carbocycles. The molecule has 8 nitrogen and oxygen atoms in total. The lowest BCUT2D eigenvalue weighted by molar-refractivity contribution is -0.131. The SMILES string of the molecule is Cc1cc(COc2ccc(C(=O)N[C@@H]3CCN(C(C)C)C[C@@H]3CC(=O)NO)cc2)c2ccccc2n1. The van der Waals surface area contributed by atoms with Crippen molar-refractivity contribution < 1.29 is 19.5 Å². The summed E-state index contributed by atoms with van der Waals surface area (Å²) in [6.45, 7) is 8.13. The van der Waals surface area contributed by atoms with Crippen molar-refractivity contribution in [3.05, 3.63) is 71.4 Å². The highest BCUT2D eigenvalue weighted by Crippen LogP contribution is 2.24. The van der Waals surface area contributed by atoms with Crippen molar-refractivity contribution in [2.24, 2.45) is 5.92 Å². The van der Waals surface area contributed by atoms with Crippen LogP contribution in [0.25, 0.3) is 10.9 Å². The summed E-state index contributed by atoms with van der Waals surface area (Å²) in [7, 11) is 0. The van der Waals surface area contributed by atoms with E-state index in [-0.39, 0.29) is 24.3 Å². The second kappa shape index (κ2) is 11.5. The molecule has 1 aromatic heterocycles. The van der Waals surface area contributed by atoms with Gasteiger partial charge in [0.25, 0.3) is 5.91 Å². The van der Waals surface area contributed by atoms with Crippen LogP contribution >= 0.6 is 0 Å². The smallest absolute Gasteiger partial charge is 0.251 e. The van der Waals surface area contributed by atoms with E-state index in [0.29, 0.717) is 30.5 Å². The van der Waals surface area contributed by atoms with Gasteiger partial charge in [-0.05, 0) is 63.6 Å². The van der Waals surface area contributed by atoms with Gasteiger partial charge in [-0.25, -0.2) is 5.48 Å². The maximum absolute atomic E-state index is 13.0. The van der Waals surface area contributed by atoms with E-state index in [2.05, 4.69) is 29.0 Å². The second-order valence-electron chi connectivity index (χ2n) is 9.71. The minimum Gasteiger partial charge on any atom is -0.489 e. The summed E-state index contributed by atoms with van der Waals surface area (Å²) in [5, 5.41) is 13.1. The Bertz CT molecular complexity index is 1210. The summed E-state index contributed by atoms with van der Waals surface area (Å²) in [5.74, 6) is -0.0374. The van der Waals surface area contributed by atoms with E-state index < -0.39 is 5.91 Å². The highest BCUT2D eigenvalue weighted by molar-refractivity contribution is 5.94. The van der Waals surface area contributed by atoms with Gasteiger partial charge in [-0.15, -0.1) is 0 Å². The summed E-state index contributed by atoms with van der Waals surface area (Å²) in [5.41, 5.74) is 5.19. The van der Waals surface area contributed by atoms with Crippen molar-refractivity contribution in [1.29, 1.82) is 0 Å². The number of rotatable bonds is 8. The molecule has 0 radical (unpaired) electrons. The number of nitrogens with one attached hydrogen (secondary N) is 2. The Balaban J connectivity index is 1.39. The van der Waals surface area contributed by atoms with Crippen molar-refractivity contribution in [2.75, 3.05) is 13.1 Å². The Kier molecular flexibility index (Phi) is 8.18. The van der Waals surface area contributed by atoms with Gasteiger partial charge in [-0.1, -0.05) is 18.2 Å². The Hall–Kier alpha value is -3.49. The van der Waals surface area contributed by atoms with Crippen LogP contribution in [-0.4, -0.2) is 52.1 Å². The highest BCUT2D eigenvalue weighted by atomic mass is 16.5. The van der Waals surface area contributed by atoms with Crippen LogP contribution < -0.4 is 15.5 Å². The highest BCUT2D eigenvalue weighted by Gasteiger charge is 2.33. The number of hydroxylamine groups is 1. The molecule has 4 rings (SSSR count). The number of hydrogen-bond acceptors (Lipinski definition) is 6. The monoisotopic (exact) mass is 490 g/mol. The molecule has 190 valence electrons. The lowest BCUT2D eigenvalue weighted by Gasteiger charge is -2.40. The minimum atomic E-state index is -0.441. The first-order chi connectivity index (χ1) is 17.3. The molecule has 2 atom stereocenters. The molecule has 1 aliphatic heterocycles. The van der Waals surface area contributed by atoms with Gasteiger partial charge in [0.1, 0.15) is 12.4 Å². The predicted molar refractivity (Wildman–Crippen MR) is 138 cm³/mol. The molecular formula is C28H34N4O4. The van der Waals surface area contributed by atoms with Crippen LogP contribution in [-0.2, 0) is 11.4 Å². The maximum atomic E-state index is 13.0. The van der Waals surface area contributed by atoms with Crippen LogP contribution in [0.1, 0.15) is 48.3 Å². The molecule has 1 aliphatic rings. The van der Waals surface area contributed by atoms with Crippen molar-refractivity contribution in [1.82, 2.24) is 20.7 Å². The zero-order valence-corrected chi connectivity index (χ0v) is 21.0. The first kappa shape index (κ1) is 25.6. The molecule has 36 heavy (non-hydrogen) atoms. The van der Waals surface area contributed by atoms with E-state index >= 15 is 0 Å². The summed E-state index contributed by atoms with van der Waals surface area (Å²) >= 11 is 0. The number of aryl methyl sites for hydroxylation is 1. The number of likely N-dealkylation sites (tertiary alicyclic amines) is 1. The van der Waals surface area contributed by atoms with Crippen LogP contribution in [0.15, 0.2) is 54.6 Å². The molecule has 3 aromatic rings. The summed E-state index contributed by atoms with van der Waals surface area (Å²) in [6, 6.07) is 17.3. The zero-order valence-electron chi connectivity index (χ0n) is 21.0. The molecule has 0 unspecified atom stereocenters. The van der Waals surface area contributed by atoms with Gasteiger partial charge in [0.05, 0.1) is 5.52 Å². The van der Waals surface area contributed by atoms with E-state index in [9.17, 15) is 9.59 Å². The quantitative estimate of drug-likeness (QED) is 0.327. The third-order valence-electron chi connectivity index (χ3n) is 6.83. The number of ether oxygens (including phenoxy) is 1. The van der Waals surface area contributed by atoms with Gasteiger partial charge >= 0.3 is 0 Å². The fourth-order valence-corrected chi connectivity index (χ4v) is 4.84. The molecule has 8 heteroatoms. The number of piperidine rings is 1. The largest absolute Gasteiger partial charge is 0.489 e. The number of nitrogens with zero attached hydrogens (tertiary/aromatic N) is 2. The normalized spacial score (nSPS) is 18.2. The number of benzene rings is 2. The molecule has 1 saturated heterocycles. The summed E-state index contributed by atoms with van der Waals surface area (Å²) in [6.07, 6.45) is 0.897. The Morgan fingerprint density at radius 3 is 2.64 bits per heavy atom. The summed E-state index contributed by atoms with van der Waals surface area (Å²) in [4.78, 5) is 31.7. The van der Waals surface area contributed by atoms with Crippen LogP contribution in [0.4, 0.5) is 0 Å². The molecule has 0 aliphatic carbocycles. The molecule has 0 bridgehead atoms. The topological polar surface area (TPSA) is 104 Å². The molecule has 0 spiro atoms. The van der Waals surface area contributed by atoms with Gasteiger partial charge in [0, 0.05) is 59.7 Å². The number of pyridine rings is 1. The van der Waals surface area contributed by atoms with E-state index in [1.807, 2.05) is 37.3 Å². The van der Waals surface area contributed by atoms with E-state index in [0.717, 1.165) is 35.1 Å². The number of carbonyl (C=O) groups is 2. The number of para-hydroxylation sites is 1. The number of hydrogen-bond donors (Lipinski definition) is 3. The fourth-order valence-electron chi connectivity index (χ4n) is 4.84. The first-order valence-electron chi connectivity index (χ1n) is 12.4. The van der Waals surface area contributed by atoms with Crippen LogP contribution in [0.3, 0.4) is 0 Å². The Morgan fingerprint density at radius 1 is 1.17 bits per heavy atom. The van der Waals surface area contributed by atoms with Gasteiger partial charge in [-0.2, -0.15) is 0 Å². The average Bonchev–Trinajstić information content (AvgIpc) is 2.88. The molecule has 2 amide bonds. The van der Waals surface area contributed by atoms with E-state index in [1.165, 1.54) is 0 Å². The van der Waals surface area contributed by atoms with Crippen molar-refractivity contribution in [3.63, 3.8) is 0 Å². The summed E-state index contributed by atoms with van der Waals surface area (Å²) < 4.78 is 6.01. The molecule has 3 N–H and O–H groups in total. The van der Waals surface area contributed by atoms with E-state index in [1.54, 1.807) is 29.7 Å². The maximum Gasteiger partial charge on any atom is 0.251 e. The molecule has 0 saturated carbocycles. The third-order valence-corrected chi connectivity index (χ3v) is 6.83. The van der Waals surface area contributed by atoms with Gasteiger partial charge in [-0.3, -0.25) is 19.8 Å². The Morgan fingerprint density at radius 2 is 1.92 bits per heavy atom. The van der Waals surface area contributed by atoms with Crippen LogP contribution in [0, 0.1) is 12.8 Å². The van der Waals surface area contributed by atoms with Gasteiger partial charge < -0.3 is 15.0 Å². The van der Waals surface area contributed by atoms with Gasteiger partial charge in [0.15, 0.2) is 0 Å². The Labute approximate surface area is 211 Å². The second-order valence-corrected chi connectivity index (χ2v) is 9.71. The van der Waals surface area contributed by atoms with Crippen LogP contribution in [0.5, 0.6) is 5.75 Å². The zero-order chi connectivity index (χ0) is 25.7. The van der Waals surface area contributed by atoms with Crippen molar-refractivity contribution in [2.45, 2.75) is 52.3 Å². The third kappa shape index (κ3) is 6.19. The van der Waals surface area contributed by atoms with Crippen molar-refractivity contribution in [3.8, 4) is 5.75 Å². The number of carbonyl (C=O) groups excluding carboxylic acids is 2. The first-order valence-corrected chi connectivity index (χ1v) is 12.4. The van der Waals surface area contributed by atoms with Crippen LogP contribution in [0.2, 0.25) is 0 Å². The number of amides is 2. The van der Waals surface area contributed by atoms with Gasteiger partial charge in [0.2, 0.25) is 5.91 Å². The lowest BCUT2D eigenvalue weighted by atomic mass is 9.88.